The predicted octanol–water partition coefficient (Wildman–Crippen LogP) is 4.96. The number of rotatable bonds is 4. The summed E-state index contributed by atoms with van der Waals surface area (Å²) >= 11 is 12.4. The Morgan fingerprint density at radius 2 is 1.87 bits per heavy atom. The highest BCUT2D eigenvalue weighted by Gasteiger charge is 2.18. The van der Waals surface area contributed by atoms with E-state index in [0.717, 1.165) is 17.0 Å². The highest BCUT2D eigenvalue weighted by Crippen LogP contribution is 2.26. The van der Waals surface area contributed by atoms with E-state index < -0.39 is 11.6 Å². The Hall–Kier alpha value is -3.16. The summed E-state index contributed by atoms with van der Waals surface area (Å²) in [6.07, 6.45) is 0. The quantitative estimate of drug-likeness (QED) is 0.317. The van der Waals surface area contributed by atoms with Crippen molar-refractivity contribution >= 4 is 40.1 Å². The molecule has 0 bridgehead atoms. The van der Waals surface area contributed by atoms with Crippen LogP contribution in [0.5, 0.6) is 0 Å². The molecule has 0 spiro atoms. The molecule has 7 nitrogen and oxygen atoms in total. The van der Waals surface area contributed by atoms with Crippen molar-refractivity contribution in [3.8, 4) is 5.82 Å². The number of carbonyl (C=O) groups excluding carboxylic acids is 1. The van der Waals surface area contributed by atoms with Gasteiger partial charge in [0, 0.05) is 27.7 Å². The molecule has 0 N–H and O–H groups in total. The van der Waals surface area contributed by atoms with Crippen LogP contribution in [0.15, 0.2) is 45.6 Å². The van der Waals surface area contributed by atoms with Gasteiger partial charge in [-0.3, -0.25) is 0 Å². The van der Waals surface area contributed by atoms with Gasteiger partial charge in [0.15, 0.2) is 11.5 Å². The average Bonchev–Trinajstić information content (AvgIpc) is 3.05. The van der Waals surface area contributed by atoms with E-state index in [1.54, 1.807) is 35.9 Å². The molecule has 3 heterocycles. The molecule has 3 aromatic heterocycles. The monoisotopic (exact) mass is 457 g/mol. The van der Waals surface area contributed by atoms with Gasteiger partial charge in [0.2, 0.25) is 0 Å². The van der Waals surface area contributed by atoms with E-state index in [-0.39, 0.29) is 17.3 Å². The third-order valence-electron chi connectivity index (χ3n) is 4.72. The first kappa shape index (κ1) is 21.1. The minimum absolute atomic E-state index is 0.0483. The number of esters is 1. The summed E-state index contributed by atoms with van der Waals surface area (Å²) in [5, 5.41) is 5.60. The van der Waals surface area contributed by atoms with Crippen molar-refractivity contribution in [2.24, 2.45) is 0 Å². The normalized spacial score (nSPS) is 11.1. The summed E-state index contributed by atoms with van der Waals surface area (Å²) in [6.45, 7) is 5.37. The minimum atomic E-state index is -0.729. The Labute approximate surface area is 187 Å². The van der Waals surface area contributed by atoms with Crippen molar-refractivity contribution in [1.82, 2.24) is 14.8 Å². The smallest absolute Gasteiger partial charge is 0.358 e. The molecule has 1 aromatic carbocycles. The van der Waals surface area contributed by atoms with Crippen LogP contribution in [0, 0.1) is 20.8 Å². The fraction of sp³-hybridized carbons (Fsp3) is 0.182. The number of aryl methyl sites for hydroxylation is 3. The molecule has 31 heavy (non-hydrogen) atoms. The van der Waals surface area contributed by atoms with E-state index >= 15 is 0 Å². The zero-order valence-electron chi connectivity index (χ0n) is 16.9. The zero-order valence-corrected chi connectivity index (χ0v) is 18.4. The maximum absolute atomic E-state index is 12.7. The second kappa shape index (κ2) is 8.17. The number of aromatic nitrogens is 3. The van der Waals surface area contributed by atoms with Crippen LogP contribution < -0.4 is 5.63 Å². The second-order valence-electron chi connectivity index (χ2n) is 7.10. The maximum atomic E-state index is 12.7. The summed E-state index contributed by atoms with van der Waals surface area (Å²) in [5.41, 5.74) is 2.68. The summed E-state index contributed by atoms with van der Waals surface area (Å²) < 4.78 is 12.3. The molecular formula is C22H17Cl2N3O4. The Balaban J connectivity index is 1.64. The fourth-order valence-corrected chi connectivity index (χ4v) is 3.58. The molecule has 4 rings (SSSR count). The molecule has 9 heteroatoms. The number of fused-ring (bicyclic) bond motifs is 1. The summed E-state index contributed by atoms with van der Waals surface area (Å²) in [4.78, 5) is 29.0. The first-order chi connectivity index (χ1) is 14.7. The zero-order chi connectivity index (χ0) is 22.3. The van der Waals surface area contributed by atoms with Gasteiger partial charge in [0.25, 0.3) is 0 Å². The molecule has 0 saturated heterocycles. The molecule has 0 atom stereocenters. The number of hydrogen-bond donors (Lipinski definition) is 0. The molecule has 4 aromatic rings. The van der Waals surface area contributed by atoms with Crippen molar-refractivity contribution in [2.45, 2.75) is 27.4 Å². The summed E-state index contributed by atoms with van der Waals surface area (Å²) in [7, 11) is 0. The molecule has 0 unspecified atom stereocenters. The third kappa shape index (κ3) is 4.19. The van der Waals surface area contributed by atoms with Crippen LogP contribution in [-0.4, -0.2) is 20.7 Å². The summed E-state index contributed by atoms with van der Waals surface area (Å²) in [6, 6.07) is 9.73. The van der Waals surface area contributed by atoms with Crippen LogP contribution in [0.25, 0.3) is 16.8 Å². The van der Waals surface area contributed by atoms with Crippen LogP contribution in [-0.2, 0) is 11.3 Å². The number of hydrogen-bond acceptors (Lipinski definition) is 6. The highest BCUT2D eigenvalue weighted by atomic mass is 35.5. The Morgan fingerprint density at radius 1 is 1.10 bits per heavy atom. The molecule has 0 aliphatic rings. The van der Waals surface area contributed by atoms with Gasteiger partial charge in [0.1, 0.15) is 12.2 Å². The molecule has 0 radical (unpaired) electrons. The van der Waals surface area contributed by atoms with Crippen LogP contribution in [0.1, 0.15) is 33.0 Å². The van der Waals surface area contributed by atoms with Crippen LogP contribution in [0.3, 0.4) is 0 Å². The highest BCUT2D eigenvalue weighted by molar-refractivity contribution is 6.33. The number of carbonyl (C=O) groups is 1. The molecule has 0 saturated carbocycles. The average molecular weight is 458 g/mol. The van der Waals surface area contributed by atoms with Gasteiger partial charge in [-0.15, -0.1) is 0 Å². The Morgan fingerprint density at radius 3 is 2.58 bits per heavy atom. The third-order valence-corrected chi connectivity index (χ3v) is 5.43. The minimum Gasteiger partial charge on any atom is -0.456 e. The second-order valence-corrected chi connectivity index (χ2v) is 7.92. The molecule has 0 amide bonds. The lowest BCUT2D eigenvalue weighted by Gasteiger charge is -2.10. The number of benzene rings is 1. The van der Waals surface area contributed by atoms with Gasteiger partial charge in [-0.25, -0.2) is 19.3 Å². The maximum Gasteiger partial charge on any atom is 0.358 e. The van der Waals surface area contributed by atoms with Gasteiger partial charge >= 0.3 is 11.6 Å². The van der Waals surface area contributed by atoms with Crippen molar-refractivity contribution in [3.05, 3.63) is 85.1 Å². The molecule has 0 aliphatic carbocycles. The van der Waals surface area contributed by atoms with Crippen LogP contribution in [0.2, 0.25) is 10.0 Å². The van der Waals surface area contributed by atoms with Gasteiger partial charge in [-0.05, 0) is 56.7 Å². The molecule has 158 valence electrons. The number of ether oxygens (including phenoxy) is 1. The lowest BCUT2D eigenvalue weighted by molar-refractivity contribution is 0.0467. The first-order valence-corrected chi connectivity index (χ1v) is 10.1. The van der Waals surface area contributed by atoms with Gasteiger partial charge in [-0.2, -0.15) is 5.10 Å². The van der Waals surface area contributed by atoms with E-state index in [1.807, 2.05) is 19.9 Å². The Kier molecular flexibility index (Phi) is 5.56. The van der Waals surface area contributed by atoms with Crippen molar-refractivity contribution < 1.29 is 13.9 Å². The van der Waals surface area contributed by atoms with E-state index in [0.29, 0.717) is 27.4 Å². The van der Waals surface area contributed by atoms with Crippen molar-refractivity contribution in [1.29, 1.82) is 0 Å². The predicted molar refractivity (Wildman–Crippen MR) is 117 cm³/mol. The van der Waals surface area contributed by atoms with E-state index in [2.05, 4.69) is 10.1 Å². The largest absolute Gasteiger partial charge is 0.456 e. The first-order valence-electron chi connectivity index (χ1n) is 9.33. The van der Waals surface area contributed by atoms with E-state index in [4.69, 9.17) is 32.4 Å². The van der Waals surface area contributed by atoms with Crippen molar-refractivity contribution in [3.63, 3.8) is 0 Å². The van der Waals surface area contributed by atoms with Crippen LogP contribution in [0.4, 0.5) is 0 Å². The van der Waals surface area contributed by atoms with Gasteiger partial charge < -0.3 is 9.15 Å². The topological polar surface area (TPSA) is 87.2 Å². The van der Waals surface area contributed by atoms with Crippen LogP contribution >= 0.6 is 23.2 Å². The SMILES string of the molecule is Cc1cc(C)n(-c2ccc(Cl)c(C(=O)OCc3cc(=O)oc4cc(C)c(Cl)cc34)n2)n1. The molecular weight excluding hydrogens is 441 g/mol. The number of pyridine rings is 1. The lowest BCUT2D eigenvalue weighted by Crippen LogP contribution is -2.12. The summed E-state index contributed by atoms with van der Waals surface area (Å²) in [5.74, 6) is -0.289. The van der Waals surface area contributed by atoms with Gasteiger partial charge in [0.05, 0.1) is 10.7 Å². The fourth-order valence-electron chi connectivity index (χ4n) is 3.23. The molecule has 0 aliphatic heterocycles. The number of nitrogens with zero attached hydrogens (tertiary/aromatic N) is 3. The van der Waals surface area contributed by atoms with E-state index in [1.165, 1.54) is 6.07 Å². The number of halogens is 2. The standard InChI is InChI=1S/C22H17Cl2N3O4/c1-11-6-18-15(9-17(11)24)14(8-20(28)31-18)10-30-22(29)21-16(23)4-5-19(25-21)27-13(3)7-12(2)26-27/h4-9H,10H2,1-3H3. The van der Waals surface area contributed by atoms with E-state index in [9.17, 15) is 9.59 Å². The molecule has 0 fully saturated rings. The van der Waals surface area contributed by atoms with Gasteiger partial charge in [-0.1, -0.05) is 23.2 Å². The Bertz CT molecular complexity index is 1390. The van der Waals surface area contributed by atoms with Crippen molar-refractivity contribution in [2.75, 3.05) is 0 Å². The lowest BCUT2D eigenvalue weighted by atomic mass is 10.1.